The van der Waals surface area contributed by atoms with Crippen molar-refractivity contribution < 1.29 is 17.7 Å². The summed E-state index contributed by atoms with van der Waals surface area (Å²) in [7, 11) is 0. The normalized spacial score (nSPS) is 11.4. The topological polar surface area (TPSA) is 75.9 Å². The third kappa shape index (κ3) is 4.18. The third-order valence-corrected chi connectivity index (χ3v) is 3.41. The van der Waals surface area contributed by atoms with E-state index in [1.807, 2.05) is 0 Å². The lowest BCUT2D eigenvalue weighted by molar-refractivity contribution is -0.137. The average molecular weight is 370 g/mol. The van der Waals surface area contributed by atoms with Gasteiger partial charge in [-0.25, -0.2) is 4.98 Å². The molecule has 2 aromatic heterocycles. The van der Waals surface area contributed by atoms with Gasteiger partial charge in [-0.15, -0.1) is 0 Å². The van der Waals surface area contributed by atoms with Crippen LogP contribution < -0.4 is 10.6 Å². The van der Waals surface area contributed by atoms with Gasteiger partial charge < -0.3 is 15.2 Å². The summed E-state index contributed by atoms with van der Waals surface area (Å²) in [6.45, 7) is 1.73. The molecule has 0 spiro atoms. The number of nitrogens with zero attached hydrogens (tertiary/aromatic N) is 3. The summed E-state index contributed by atoms with van der Waals surface area (Å²) in [5.41, 5.74) is -0.733. The van der Waals surface area contributed by atoms with E-state index in [-0.39, 0.29) is 22.5 Å². The smallest absolute Gasteiger partial charge is 0.360 e. The van der Waals surface area contributed by atoms with Crippen LogP contribution in [0.2, 0.25) is 5.02 Å². The maximum absolute atomic E-state index is 12.8. The maximum Gasteiger partial charge on any atom is 0.416 e. The number of benzene rings is 1. The Morgan fingerprint density at radius 1 is 1.08 bits per heavy atom. The van der Waals surface area contributed by atoms with Crippen molar-refractivity contribution in [3.63, 3.8) is 0 Å². The number of aromatic nitrogens is 3. The molecule has 25 heavy (non-hydrogen) atoms. The number of nitrogens with one attached hydrogen (secondary N) is 2. The molecule has 1 aromatic carbocycles. The molecule has 0 aliphatic rings. The average Bonchev–Trinajstić information content (AvgIpc) is 2.94. The van der Waals surface area contributed by atoms with Crippen molar-refractivity contribution >= 4 is 34.9 Å². The summed E-state index contributed by atoms with van der Waals surface area (Å²) >= 11 is 5.96. The Bertz CT molecular complexity index is 897. The van der Waals surface area contributed by atoms with Crippen LogP contribution >= 0.6 is 11.6 Å². The van der Waals surface area contributed by atoms with E-state index in [0.29, 0.717) is 11.6 Å². The Morgan fingerprint density at radius 2 is 1.88 bits per heavy atom. The van der Waals surface area contributed by atoms with E-state index in [1.54, 1.807) is 13.0 Å². The van der Waals surface area contributed by atoms with Gasteiger partial charge in [0.05, 0.1) is 16.3 Å². The van der Waals surface area contributed by atoms with Gasteiger partial charge in [0.1, 0.15) is 11.6 Å². The van der Waals surface area contributed by atoms with Gasteiger partial charge >= 0.3 is 6.18 Å². The van der Waals surface area contributed by atoms with Crippen molar-refractivity contribution in [3.05, 3.63) is 52.9 Å². The number of anilines is 4. The summed E-state index contributed by atoms with van der Waals surface area (Å²) in [5, 5.41) is 9.45. The molecule has 3 aromatic rings. The van der Waals surface area contributed by atoms with Crippen LogP contribution in [0.4, 0.5) is 36.4 Å². The van der Waals surface area contributed by atoms with Crippen LogP contribution in [0.15, 0.2) is 41.1 Å². The first kappa shape index (κ1) is 17.0. The van der Waals surface area contributed by atoms with Gasteiger partial charge in [-0.1, -0.05) is 16.8 Å². The van der Waals surface area contributed by atoms with Gasteiger partial charge in [0.25, 0.3) is 0 Å². The van der Waals surface area contributed by atoms with E-state index < -0.39 is 11.7 Å². The largest absolute Gasteiger partial charge is 0.416 e. The summed E-state index contributed by atoms with van der Waals surface area (Å²) in [6, 6.07) is 6.14. The fraction of sp³-hybridized carbons (Fsp3) is 0.133. The molecule has 2 heterocycles. The van der Waals surface area contributed by atoms with Crippen LogP contribution in [0.3, 0.4) is 0 Å². The SMILES string of the molecule is Cc1cc(Nc2nccc(Nc3cc(C(F)(F)F)ccc3Cl)n2)no1. The molecule has 0 fully saturated rings. The molecule has 0 aliphatic heterocycles. The molecular weight excluding hydrogens is 359 g/mol. The number of halogens is 4. The van der Waals surface area contributed by atoms with Crippen LogP contribution in [0.25, 0.3) is 0 Å². The van der Waals surface area contributed by atoms with E-state index >= 15 is 0 Å². The zero-order valence-corrected chi connectivity index (χ0v) is 13.5. The predicted octanol–water partition coefficient (Wildman–Crippen LogP) is 4.93. The van der Waals surface area contributed by atoms with Gasteiger partial charge in [-0.3, -0.25) is 0 Å². The second-order valence-corrected chi connectivity index (χ2v) is 5.44. The Kier molecular flexibility index (Phi) is 4.49. The van der Waals surface area contributed by atoms with Crippen LogP contribution in [0.1, 0.15) is 11.3 Å². The molecule has 6 nitrogen and oxygen atoms in total. The lowest BCUT2D eigenvalue weighted by Crippen LogP contribution is -2.06. The summed E-state index contributed by atoms with van der Waals surface area (Å²) < 4.78 is 43.4. The van der Waals surface area contributed by atoms with Crippen molar-refractivity contribution in [3.8, 4) is 0 Å². The molecular formula is C15H11ClF3N5O. The minimum Gasteiger partial charge on any atom is -0.360 e. The molecule has 0 aliphatic carbocycles. The monoisotopic (exact) mass is 369 g/mol. The van der Waals surface area contributed by atoms with E-state index in [0.717, 1.165) is 12.1 Å². The quantitative estimate of drug-likeness (QED) is 0.679. The molecule has 0 amide bonds. The van der Waals surface area contributed by atoms with Gasteiger partial charge in [0.15, 0.2) is 5.82 Å². The van der Waals surface area contributed by atoms with Crippen LogP contribution in [-0.2, 0) is 6.18 Å². The van der Waals surface area contributed by atoms with Gasteiger partial charge in [-0.2, -0.15) is 18.2 Å². The molecule has 0 radical (unpaired) electrons. The number of hydrogen-bond donors (Lipinski definition) is 2. The molecule has 0 bridgehead atoms. The highest BCUT2D eigenvalue weighted by Gasteiger charge is 2.31. The molecule has 0 saturated heterocycles. The van der Waals surface area contributed by atoms with Crippen LogP contribution in [-0.4, -0.2) is 15.1 Å². The summed E-state index contributed by atoms with van der Waals surface area (Å²) in [6.07, 6.45) is -3.03. The van der Waals surface area contributed by atoms with E-state index in [1.165, 1.54) is 18.3 Å². The Balaban J connectivity index is 1.82. The highest BCUT2D eigenvalue weighted by molar-refractivity contribution is 6.33. The fourth-order valence-electron chi connectivity index (χ4n) is 1.96. The zero-order valence-electron chi connectivity index (χ0n) is 12.7. The van der Waals surface area contributed by atoms with Crippen molar-refractivity contribution in [2.45, 2.75) is 13.1 Å². The van der Waals surface area contributed by atoms with Gasteiger partial charge in [0.2, 0.25) is 5.95 Å². The molecule has 2 N–H and O–H groups in total. The van der Waals surface area contributed by atoms with E-state index in [2.05, 4.69) is 25.8 Å². The molecule has 130 valence electrons. The number of hydrogen-bond acceptors (Lipinski definition) is 6. The van der Waals surface area contributed by atoms with Crippen LogP contribution in [0, 0.1) is 6.92 Å². The highest BCUT2D eigenvalue weighted by atomic mass is 35.5. The first-order chi connectivity index (χ1) is 11.8. The first-order valence-electron chi connectivity index (χ1n) is 6.98. The van der Waals surface area contributed by atoms with E-state index in [9.17, 15) is 13.2 Å². The molecule has 0 saturated carbocycles. The van der Waals surface area contributed by atoms with E-state index in [4.69, 9.17) is 16.1 Å². The van der Waals surface area contributed by atoms with Crippen molar-refractivity contribution in [2.75, 3.05) is 10.6 Å². The minimum atomic E-state index is -4.47. The van der Waals surface area contributed by atoms with Crippen LogP contribution in [0.5, 0.6) is 0 Å². The Labute approximate surface area is 145 Å². The van der Waals surface area contributed by atoms with Gasteiger partial charge in [-0.05, 0) is 31.2 Å². The van der Waals surface area contributed by atoms with Crippen molar-refractivity contribution in [1.29, 1.82) is 0 Å². The maximum atomic E-state index is 12.8. The second kappa shape index (κ2) is 6.60. The predicted molar refractivity (Wildman–Crippen MR) is 86.3 cm³/mol. The van der Waals surface area contributed by atoms with Gasteiger partial charge in [0, 0.05) is 12.3 Å². The lowest BCUT2D eigenvalue weighted by atomic mass is 10.2. The number of rotatable bonds is 4. The minimum absolute atomic E-state index is 0.0819. The second-order valence-electron chi connectivity index (χ2n) is 5.03. The third-order valence-electron chi connectivity index (χ3n) is 3.08. The lowest BCUT2D eigenvalue weighted by Gasteiger charge is -2.12. The Hall–Kier alpha value is -2.81. The first-order valence-corrected chi connectivity index (χ1v) is 7.36. The van der Waals surface area contributed by atoms with Crippen molar-refractivity contribution in [1.82, 2.24) is 15.1 Å². The standard InChI is InChI=1S/C15H11ClF3N5O/c1-8-6-13(24-25-8)23-14-20-5-4-12(22-14)21-11-7-9(15(17,18)19)2-3-10(11)16/h2-7H,1H3,(H2,20,21,22,23,24). The molecule has 10 heteroatoms. The number of alkyl halides is 3. The molecule has 0 atom stereocenters. The number of aryl methyl sites for hydroxylation is 1. The van der Waals surface area contributed by atoms with Crippen molar-refractivity contribution in [2.24, 2.45) is 0 Å². The Morgan fingerprint density at radius 3 is 2.56 bits per heavy atom. The summed E-state index contributed by atoms with van der Waals surface area (Å²) in [4.78, 5) is 8.16. The molecule has 3 rings (SSSR count). The fourth-order valence-corrected chi connectivity index (χ4v) is 2.13. The summed E-state index contributed by atoms with van der Waals surface area (Å²) in [5.74, 6) is 1.47. The molecule has 0 unspecified atom stereocenters. The zero-order chi connectivity index (χ0) is 18.0. The highest BCUT2D eigenvalue weighted by Crippen LogP contribution is 2.34.